The van der Waals surface area contributed by atoms with Crippen LogP contribution in [0.15, 0.2) is 36.4 Å². The number of aromatic amines is 1. The van der Waals surface area contributed by atoms with Crippen LogP contribution in [0.5, 0.6) is 0 Å². The van der Waals surface area contributed by atoms with Gasteiger partial charge in [-0.25, -0.2) is 0 Å². The lowest BCUT2D eigenvalue weighted by Crippen LogP contribution is -2.16. The molecule has 0 atom stereocenters. The van der Waals surface area contributed by atoms with Gasteiger partial charge < -0.3 is 4.98 Å². The first-order valence-corrected chi connectivity index (χ1v) is 13.3. The minimum Gasteiger partial charge on any atom is -0.353 e. The summed E-state index contributed by atoms with van der Waals surface area (Å²) in [6, 6.07) is 13.9. The van der Waals surface area contributed by atoms with Crippen molar-refractivity contribution in [2.24, 2.45) is 0 Å². The summed E-state index contributed by atoms with van der Waals surface area (Å²) in [6.07, 6.45) is 0. The van der Waals surface area contributed by atoms with E-state index in [1.165, 1.54) is 21.8 Å². The maximum absolute atomic E-state index is 3.93. The maximum Gasteiger partial charge on any atom is 0.0543 e. The summed E-state index contributed by atoms with van der Waals surface area (Å²) in [7, 11) is -0.372. The van der Waals surface area contributed by atoms with Gasteiger partial charge in [0.05, 0.1) is 11.0 Å². The molecule has 3 rings (SSSR count). The van der Waals surface area contributed by atoms with E-state index in [0.29, 0.717) is 22.6 Å². The maximum atomic E-state index is 3.93. The van der Waals surface area contributed by atoms with E-state index in [1.54, 1.807) is 10.6 Å². The van der Waals surface area contributed by atoms with E-state index in [-0.39, 0.29) is 15.8 Å². The number of hydrogen-bond donors (Lipinski definition) is 1. The first kappa shape index (κ1) is 20.8. The smallest absolute Gasteiger partial charge is 0.0543 e. The predicted octanol–water partition coefficient (Wildman–Crippen LogP) is 7.17. The number of hydrogen-bond acceptors (Lipinski definition) is 0. The Morgan fingerprint density at radius 1 is 0.556 bits per heavy atom. The summed E-state index contributed by atoms with van der Waals surface area (Å²) < 4.78 is 0. The fraction of sp³-hybridized carbons (Fsp3) is 0.500. The molecular formula is C24H35NP2. The fourth-order valence-electron chi connectivity index (χ4n) is 4.65. The average molecular weight is 399 g/mol. The number of fused-ring (bicyclic) bond motifs is 3. The van der Waals surface area contributed by atoms with Gasteiger partial charge in [0.15, 0.2) is 0 Å². The van der Waals surface area contributed by atoms with Crippen LogP contribution in [-0.2, 0) is 0 Å². The van der Waals surface area contributed by atoms with Gasteiger partial charge in [0.1, 0.15) is 0 Å². The van der Waals surface area contributed by atoms with Crippen molar-refractivity contribution >= 4 is 48.3 Å². The lowest BCUT2D eigenvalue weighted by atomic mass is 10.1. The highest BCUT2D eigenvalue weighted by Crippen LogP contribution is 2.49. The normalized spacial score (nSPS) is 13.0. The van der Waals surface area contributed by atoms with Gasteiger partial charge in [-0.05, 0) is 22.6 Å². The number of aromatic nitrogens is 1. The molecule has 1 N–H and O–H groups in total. The number of para-hydroxylation sites is 2. The van der Waals surface area contributed by atoms with Gasteiger partial charge in [-0.1, -0.05) is 108 Å². The van der Waals surface area contributed by atoms with Gasteiger partial charge in [-0.3, -0.25) is 0 Å². The molecule has 1 heterocycles. The van der Waals surface area contributed by atoms with Crippen LogP contribution >= 0.6 is 15.8 Å². The summed E-state index contributed by atoms with van der Waals surface area (Å²) >= 11 is 0. The predicted molar refractivity (Wildman–Crippen MR) is 129 cm³/mol. The molecule has 0 amide bonds. The molecule has 0 fully saturated rings. The van der Waals surface area contributed by atoms with Crippen LogP contribution in [0.3, 0.4) is 0 Å². The van der Waals surface area contributed by atoms with Crippen LogP contribution in [0.1, 0.15) is 55.4 Å². The molecular weight excluding hydrogens is 364 g/mol. The molecule has 3 heteroatoms. The lowest BCUT2D eigenvalue weighted by molar-refractivity contribution is 1.02. The van der Waals surface area contributed by atoms with Crippen molar-refractivity contribution in [1.29, 1.82) is 0 Å². The summed E-state index contributed by atoms with van der Waals surface area (Å²) in [4.78, 5) is 3.93. The Bertz CT molecular complexity index is 830. The highest BCUT2D eigenvalue weighted by molar-refractivity contribution is 7.67. The van der Waals surface area contributed by atoms with Gasteiger partial charge in [-0.15, -0.1) is 0 Å². The van der Waals surface area contributed by atoms with Crippen molar-refractivity contribution in [3.8, 4) is 0 Å². The molecule has 0 aliphatic rings. The van der Waals surface area contributed by atoms with Gasteiger partial charge in [0.25, 0.3) is 0 Å². The van der Waals surface area contributed by atoms with Crippen molar-refractivity contribution in [3.05, 3.63) is 36.4 Å². The van der Waals surface area contributed by atoms with Crippen LogP contribution in [0.25, 0.3) is 21.8 Å². The highest BCUT2D eigenvalue weighted by atomic mass is 31.1. The largest absolute Gasteiger partial charge is 0.353 e. The minimum absolute atomic E-state index is 0.186. The van der Waals surface area contributed by atoms with Crippen molar-refractivity contribution < 1.29 is 0 Å². The zero-order valence-electron chi connectivity index (χ0n) is 18.2. The average Bonchev–Trinajstić information content (AvgIpc) is 2.94. The Balaban J connectivity index is 2.31. The van der Waals surface area contributed by atoms with Gasteiger partial charge in [-0.2, -0.15) is 0 Å². The van der Waals surface area contributed by atoms with E-state index >= 15 is 0 Å². The molecule has 2 aromatic carbocycles. The SMILES string of the molecule is CC(C)P(c1cccc2c1[nH]c1c(P(C(C)C)C(C)C)cccc12)C(C)C. The molecule has 3 aromatic rings. The number of nitrogens with one attached hydrogen (secondary N) is 1. The van der Waals surface area contributed by atoms with Crippen molar-refractivity contribution in [3.63, 3.8) is 0 Å². The second kappa shape index (κ2) is 8.23. The van der Waals surface area contributed by atoms with Crippen molar-refractivity contribution in [2.75, 3.05) is 0 Å². The van der Waals surface area contributed by atoms with E-state index < -0.39 is 0 Å². The molecule has 0 saturated heterocycles. The standard InChI is InChI=1S/C24H35NP2/c1-15(2)26(16(3)4)21-13-9-11-19-20-12-10-14-22(24(20)25-23(19)21)27(17(5)6)18(7)8/h9-18,25H,1-8H3. The Kier molecular flexibility index (Phi) is 6.34. The second-order valence-electron chi connectivity index (χ2n) is 8.71. The molecule has 1 nitrogen and oxygen atoms in total. The topological polar surface area (TPSA) is 15.8 Å². The van der Waals surface area contributed by atoms with Crippen LogP contribution < -0.4 is 10.6 Å². The molecule has 0 aliphatic carbocycles. The first-order valence-electron chi connectivity index (χ1n) is 10.3. The third-order valence-corrected chi connectivity index (χ3v) is 11.7. The Hall–Kier alpha value is -0.900. The van der Waals surface area contributed by atoms with E-state index in [4.69, 9.17) is 0 Å². The third-order valence-electron chi connectivity index (χ3n) is 5.41. The molecule has 0 bridgehead atoms. The van der Waals surface area contributed by atoms with Crippen LogP contribution in [0.2, 0.25) is 0 Å². The third kappa shape index (κ3) is 3.83. The quantitative estimate of drug-likeness (QED) is 0.423. The van der Waals surface area contributed by atoms with E-state index in [2.05, 4.69) is 96.8 Å². The Labute approximate surface area is 167 Å². The molecule has 0 spiro atoms. The zero-order valence-corrected chi connectivity index (χ0v) is 20.0. The summed E-state index contributed by atoms with van der Waals surface area (Å²) in [5.74, 6) is 0. The van der Waals surface area contributed by atoms with Crippen molar-refractivity contribution in [1.82, 2.24) is 4.98 Å². The number of benzene rings is 2. The molecule has 0 unspecified atom stereocenters. The van der Waals surface area contributed by atoms with Gasteiger partial charge >= 0.3 is 0 Å². The molecule has 1 aromatic heterocycles. The van der Waals surface area contributed by atoms with Gasteiger partial charge in [0.2, 0.25) is 0 Å². The fourth-order valence-corrected chi connectivity index (χ4v) is 10.6. The van der Waals surface area contributed by atoms with Crippen LogP contribution in [0.4, 0.5) is 0 Å². The number of H-pyrrole nitrogens is 1. The molecule has 146 valence electrons. The summed E-state index contributed by atoms with van der Waals surface area (Å²) in [6.45, 7) is 19.1. The molecule has 0 aliphatic heterocycles. The van der Waals surface area contributed by atoms with Gasteiger partial charge in [0, 0.05) is 21.4 Å². The van der Waals surface area contributed by atoms with Crippen molar-refractivity contribution in [2.45, 2.75) is 78.0 Å². The Morgan fingerprint density at radius 2 is 0.889 bits per heavy atom. The molecule has 27 heavy (non-hydrogen) atoms. The lowest BCUT2D eigenvalue weighted by Gasteiger charge is -2.27. The first-order chi connectivity index (χ1) is 12.7. The number of rotatable bonds is 6. The molecule has 0 saturated carbocycles. The van der Waals surface area contributed by atoms with E-state index in [1.807, 2.05) is 0 Å². The Morgan fingerprint density at radius 3 is 1.19 bits per heavy atom. The minimum atomic E-state index is -0.186. The van der Waals surface area contributed by atoms with E-state index in [9.17, 15) is 0 Å². The van der Waals surface area contributed by atoms with Crippen LogP contribution in [-0.4, -0.2) is 27.6 Å². The van der Waals surface area contributed by atoms with Crippen LogP contribution in [0, 0.1) is 0 Å². The zero-order chi connectivity index (χ0) is 19.9. The monoisotopic (exact) mass is 399 g/mol. The second-order valence-corrected chi connectivity index (χ2v) is 15.4. The highest BCUT2D eigenvalue weighted by Gasteiger charge is 2.25. The summed E-state index contributed by atoms with van der Waals surface area (Å²) in [5, 5.41) is 5.90. The summed E-state index contributed by atoms with van der Waals surface area (Å²) in [5.41, 5.74) is 5.55. The molecule has 0 radical (unpaired) electrons. The van der Waals surface area contributed by atoms with E-state index in [0.717, 1.165) is 0 Å².